The minimum Gasteiger partial charge on any atom is -0.234 e. The second-order valence-electron chi connectivity index (χ2n) is 2.70. The Morgan fingerprint density at radius 2 is 1.75 bits per heavy atom. The van der Waals surface area contributed by atoms with E-state index in [1.165, 1.54) is 6.08 Å². The van der Waals surface area contributed by atoms with Crippen LogP contribution >= 0.6 is 0 Å². The molecule has 0 aliphatic heterocycles. The summed E-state index contributed by atoms with van der Waals surface area (Å²) in [5, 5.41) is 9.56. The first-order valence-corrected chi connectivity index (χ1v) is 4.36. The smallest absolute Gasteiger partial charge is 0.120 e. The summed E-state index contributed by atoms with van der Waals surface area (Å²) in [5.41, 5.74) is 0. The summed E-state index contributed by atoms with van der Waals surface area (Å²) in [7, 11) is 0. The molecule has 3 nitrogen and oxygen atoms in total. The van der Waals surface area contributed by atoms with Gasteiger partial charge < -0.3 is 0 Å². The molecule has 0 unspecified atom stereocenters. The van der Waals surface area contributed by atoms with Gasteiger partial charge in [-0.05, 0) is 30.6 Å². The Morgan fingerprint density at radius 3 is 2.42 bits per heavy atom. The van der Waals surface area contributed by atoms with Crippen molar-refractivity contribution in [1.82, 2.24) is 0 Å². The van der Waals surface area contributed by atoms with Gasteiger partial charge in [-0.15, -0.1) is 0 Å². The molecule has 0 aliphatic carbocycles. The Hall–Kier alpha value is -0.630. The topological polar surface area (TPSA) is 46.2 Å². The van der Waals surface area contributed by atoms with Gasteiger partial charge >= 0.3 is 0 Å². The number of allylic oxidation sites excluding steroid dienone is 1. The molecule has 0 aromatic rings. The third-order valence-electron chi connectivity index (χ3n) is 1.66. The van der Waals surface area contributed by atoms with Crippen LogP contribution in [0.2, 0.25) is 0 Å². The zero-order valence-corrected chi connectivity index (χ0v) is 7.25. The summed E-state index contributed by atoms with van der Waals surface area (Å²) in [6.45, 7) is 0.314. The van der Waals surface area contributed by atoms with Crippen molar-refractivity contribution in [2.45, 2.75) is 38.5 Å². The van der Waals surface area contributed by atoms with Crippen LogP contribution in [0.1, 0.15) is 38.5 Å². The van der Waals surface area contributed by atoms with Gasteiger partial charge in [0.1, 0.15) is 5.94 Å². The van der Waals surface area contributed by atoms with E-state index in [1.807, 2.05) is 0 Å². The largest absolute Gasteiger partial charge is 0.234 e. The van der Waals surface area contributed by atoms with Crippen LogP contribution in [0.5, 0.6) is 0 Å². The van der Waals surface area contributed by atoms with Crippen molar-refractivity contribution in [3.63, 3.8) is 0 Å². The van der Waals surface area contributed by atoms with E-state index in [4.69, 9.17) is 0 Å². The zero-order valence-electron chi connectivity index (χ0n) is 7.25. The Morgan fingerprint density at radius 1 is 1.08 bits per heavy atom. The molecule has 3 heteroatoms. The van der Waals surface area contributed by atoms with Crippen LogP contribution in [0.15, 0.2) is 6.08 Å². The predicted octanol–water partition coefficient (Wildman–Crippen LogP) is 2.08. The van der Waals surface area contributed by atoms with Gasteiger partial charge in [0.15, 0.2) is 0 Å². The summed E-state index contributed by atoms with van der Waals surface area (Å²) in [6.07, 6.45) is 7.46. The molecule has 12 heavy (non-hydrogen) atoms. The summed E-state index contributed by atoms with van der Waals surface area (Å²) in [4.78, 5) is 13.4. The van der Waals surface area contributed by atoms with Crippen molar-refractivity contribution in [3.8, 4) is 0 Å². The van der Waals surface area contributed by atoms with Crippen molar-refractivity contribution in [1.29, 1.82) is 0 Å². The maximum Gasteiger partial charge on any atom is 0.120 e. The quantitative estimate of drug-likeness (QED) is 0.243. The van der Waals surface area contributed by atoms with E-state index in [0.717, 1.165) is 38.5 Å². The van der Waals surface area contributed by atoms with Gasteiger partial charge in [0, 0.05) is 0 Å². The number of carbonyl (C=O) groups excluding carboxylic acids is 1. The van der Waals surface area contributed by atoms with Gasteiger partial charge in [-0.25, -0.2) is 9.68 Å². The molecular weight excluding hydrogens is 156 g/mol. The third kappa shape index (κ3) is 9.37. The van der Waals surface area contributed by atoms with Crippen LogP contribution in [0, 0.1) is 0 Å². The lowest BCUT2D eigenvalue weighted by Gasteiger charge is -1.96. The number of hydrogen-bond donors (Lipinski definition) is 0. The Kier molecular flexibility index (Phi) is 9.83. The van der Waals surface area contributed by atoms with Crippen LogP contribution in [-0.2, 0) is 14.9 Å². The lowest BCUT2D eigenvalue weighted by molar-refractivity contribution is -0.303. The van der Waals surface area contributed by atoms with Crippen LogP contribution in [0.4, 0.5) is 0 Å². The lowest BCUT2D eigenvalue weighted by atomic mass is 10.1. The van der Waals surface area contributed by atoms with Crippen molar-refractivity contribution in [2.75, 3.05) is 6.61 Å². The van der Waals surface area contributed by atoms with E-state index in [-0.39, 0.29) is 0 Å². The standard InChI is InChI=1S/C9H15O3/c10-8-6-4-2-1-3-5-7-9-12-11/h6H,1-5,7,9H2. The Balaban J connectivity index is 2.86. The van der Waals surface area contributed by atoms with E-state index in [0.29, 0.717) is 6.61 Å². The van der Waals surface area contributed by atoms with E-state index in [2.05, 4.69) is 4.89 Å². The van der Waals surface area contributed by atoms with Gasteiger partial charge in [-0.2, -0.15) is 0 Å². The highest BCUT2D eigenvalue weighted by molar-refractivity contribution is 5.44. The molecule has 69 valence electrons. The lowest BCUT2D eigenvalue weighted by Crippen LogP contribution is -1.87. The molecule has 0 heterocycles. The average molecular weight is 171 g/mol. The molecule has 0 fully saturated rings. The first-order chi connectivity index (χ1) is 5.91. The van der Waals surface area contributed by atoms with Crippen LogP contribution in [0.25, 0.3) is 0 Å². The maximum atomic E-state index is 9.75. The first-order valence-electron chi connectivity index (χ1n) is 4.36. The van der Waals surface area contributed by atoms with Crippen LogP contribution < -0.4 is 0 Å². The molecule has 0 amide bonds. The first kappa shape index (κ1) is 11.4. The highest BCUT2D eigenvalue weighted by Crippen LogP contribution is 2.05. The molecule has 0 aliphatic rings. The highest BCUT2D eigenvalue weighted by atomic mass is 17.1. The van der Waals surface area contributed by atoms with Crippen LogP contribution in [0.3, 0.4) is 0 Å². The molecule has 0 aromatic heterocycles. The third-order valence-corrected chi connectivity index (χ3v) is 1.66. The number of unbranched alkanes of at least 4 members (excludes halogenated alkanes) is 5. The molecule has 0 spiro atoms. The van der Waals surface area contributed by atoms with Crippen molar-refractivity contribution in [3.05, 3.63) is 6.08 Å². The molecule has 0 saturated heterocycles. The van der Waals surface area contributed by atoms with E-state index in [1.54, 1.807) is 5.94 Å². The minimum absolute atomic E-state index is 0.314. The second-order valence-corrected chi connectivity index (χ2v) is 2.70. The normalized spacial score (nSPS) is 9.42. The van der Waals surface area contributed by atoms with Gasteiger partial charge in [0.05, 0.1) is 6.61 Å². The van der Waals surface area contributed by atoms with E-state index < -0.39 is 0 Å². The molecule has 0 rings (SSSR count). The summed E-state index contributed by atoms with van der Waals surface area (Å²) >= 11 is 0. The molecule has 0 atom stereocenters. The Bertz CT molecular complexity index is 128. The van der Waals surface area contributed by atoms with Crippen molar-refractivity contribution in [2.24, 2.45) is 0 Å². The zero-order chi connectivity index (χ0) is 9.07. The fourth-order valence-corrected chi connectivity index (χ4v) is 0.997. The highest BCUT2D eigenvalue weighted by Gasteiger charge is 1.89. The van der Waals surface area contributed by atoms with E-state index in [9.17, 15) is 10.1 Å². The molecule has 0 saturated carbocycles. The second kappa shape index (κ2) is 10.4. The van der Waals surface area contributed by atoms with Gasteiger partial charge in [-0.1, -0.05) is 19.3 Å². The molecular formula is C9H15O3. The van der Waals surface area contributed by atoms with Crippen molar-refractivity contribution < 1.29 is 14.9 Å². The van der Waals surface area contributed by atoms with E-state index >= 15 is 0 Å². The van der Waals surface area contributed by atoms with Crippen molar-refractivity contribution >= 4 is 5.94 Å². The monoisotopic (exact) mass is 171 g/mol. The summed E-state index contributed by atoms with van der Waals surface area (Å²) < 4.78 is 0. The SMILES string of the molecule is [O]OCCCCCCCC=C=O. The summed E-state index contributed by atoms with van der Waals surface area (Å²) in [5.74, 6) is 1.74. The Labute approximate surface area is 73.0 Å². The fourth-order valence-electron chi connectivity index (χ4n) is 0.997. The predicted molar refractivity (Wildman–Crippen MR) is 44.6 cm³/mol. The average Bonchev–Trinajstić information content (AvgIpc) is 2.10. The number of rotatable bonds is 8. The van der Waals surface area contributed by atoms with Gasteiger partial charge in [0.25, 0.3) is 0 Å². The molecule has 0 aromatic carbocycles. The molecule has 0 bridgehead atoms. The molecule has 1 radical (unpaired) electrons. The molecule has 0 N–H and O–H groups in total. The fraction of sp³-hybridized carbons (Fsp3) is 0.778. The maximum absolute atomic E-state index is 9.75. The van der Waals surface area contributed by atoms with Gasteiger partial charge in [-0.3, -0.25) is 0 Å². The minimum atomic E-state index is 0.314. The summed E-state index contributed by atoms with van der Waals surface area (Å²) in [6, 6.07) is 0. The number of hydrogen-bond acceptors (Lipinski definition) is 2. The van der Waals surface area contributed by atoms with Gasteiger partial charge in [0.2, 0.25) is 0 Å². The van der Waals surface area contributed by atoms with Crippen LogP contribution in [-0.4, -0.2) is 12.5 Å².